The summed E-state index contributed by atoms with van der Waals surface area (Å²) >= 11 is 0. The van der Waals surface area contributed by atoms with Crippen LogP contribution in [0.15, 0.2) is 18.2 Å². The Balaban J connectivity index is 1.58. The van der Waals surface area contributed by atoms with Crippen LogP contribution >= 0.6 is 0 Å². The minimum Gasteiger partial charge on any atom is -0.396 e. The van der Waals surface area contributed by atoms with E-state index < -0.39 is 0 Å². The van der Waals surface area contributed by atoms with Gasteiger partial charge >= 0.3 is 6.03 Å². The Morgan fingerprint density at radius 1 is 1.16 bits per heavy atom. The van der Waals surface area contributed by atoms with Crippen molar-refractivity contribution in [1.29, 1.82) is 0 Å². The molecule has 0 saturated carbocycles. The lowest BCUT2D eigenvalue weighted by molar-refractivity contribution is 0.143. The third-order valence-electron chi connectivity index (χ3n) is 5.48. The molecule has 0 spiro atoms. The van der Waals surface area contributed by atoms with Crippen molar-refractivity contribution < 1.29 is 9.90 Å². The highest BCUT2D eigenvalue weighted by Gasteiger charge is 2.22. The Kier molecular flexibility index (Phi) is 5.81. The summed E-state index contributed by atoms with van der Waals surface area (Å²) in [5.41, 5.74) is 3.20. The van der Waals surface area contributed by atoms with E-state index >= 15 is 0 Å². The molecule has 25 heavy (non-hydrogen) atoms. The molecular formula is C19H30N4O2. The molecule has 0 unspecified atom stereocenters. The van der Waals surface area contributed by atoms with Crippen molar-refractivity contribution in [2.45, 2.75) is 19.8 Å². The number of hydrogen-bond donors (Lipinski definition) is 2. The molecule has 6 heteroatoms. The van der Waals surface area contributed by atoms with Gasteiger partial charge in [0.2, 0.25) is 0 Å². The number of hydrogen-bond acceptors (Lipinski definition) is 4. The molecule has 6 nitrogen and oxygen atoms in total. The Hall–Kier alpha value is -1.79. The quantitative estimate of drug-likeness (QED) is 0.879. The van der Waals surface area contributed by atoms with Crippen LogP contribution in [0.3, 0.4) is 0 Å². The predicted octanol–water partition coefficient (Wildman–Crippen LogP) is 1.98. The largest absolute Gasteiger partial charge is 0.396 e. The zero-order valence-corrected chi connectivity index (χ0v) is 15.4. The lowest BCUT2D eigenvalue weighted by atomic mass is 9.98. The molecule has 2 aliphatic heterocycles. The van der Waals surface area contributed by atoms with Gasteiger partial charge in [0.15, 0.2) is 0 Å². The number of urea groups is 1. The smallest absolute Gasteiger partial charge is 0.321 e. The van der Waals surface area contributed by atoms with Crippen LogP contribution in [0.2, 0.25) is 0 Å². The van der Waals surface area contributed by atoms with Gasteiger partial charge in [-0.05, 0) is 56.5 Å². The molecule has 2 heterocycles. The van der Waals surface area contributed by atoms with Crippen LogP contribution in [0.5, 0.6) is 0 Å². The number of piperazine rings is 1. The zero-order chi connectivity index (χ0) is 17.8. The molecule has 0 aromatic heterocycles. The van der Waals surface area contributed by atoms with E-state index in [9.17, 15) is 9.90 Å². The molecule has 1 aromatic rings. The number of likely N-dealkylation sites (tertiary alicyclic amines) is 1. The van der Waals surface area contributed by atoms with Crippen molar-refractivity contribution in [2.75, 3.05) is 63.1 Å². The first-order chi connectivity index (χ1) is 12.1. The van der Waals surface area contributed by atoms with Gasteiger partial charge in [-0.3, -0.25) is 0 Å². The van der Waals surface area contributed by atoms with Crippen LogP contribution in [0, 0.1) is 12.8 Å². The zero-order valence-electron chi connectivity index (χ0n) is 15.4. The lowest BCUT2D eigenvalue weighted by Gasteiger charge is -2.34. The summed E-state index contributed by atoms with van der Waals surface area (Å²) in [6, 6.07) is 6.25. The summed E-state index contributed by atoms with van der Waals surface area (Å²) in [6.07, 6.45) is 1.76. The van der Waals surface area contributed by atoms with Gasteiger partial charge < -0.3 is 25.1 Å². The van der Waals surface area contributed by atoms with Crippen molar-refractivity contribution in [3.05, 3.63) is 23.8 Å². The predicted molar refractivity (Wildman–Crippen MR) is 101 cm³/mol. The number of aliphatic hydroxyl groups excluding tert-OH is 1. The number of amides is 2. The molecule has 0 bridgehead atoms. The highest BCUT2D eigenvalue weighted by molar-refractivity contribution is 5.90. The second-order valence-electron chi connectivity index (χ2n) is 7.33. The molecule has 138 valence electrons. The molecule has 2 N–H and O–H groups in total. The Labute approximate surface area is 150 Å². The average molecular weight is 346 g/mol. The lowest BCUT2D eigenvalue weighted by Crippen LogP contribution is -2.44. The summed E-state index contributed by atoms with van der Waals surface area (Å²) in [4.78, 5) is 19.1. The van der Waals surface area contributed by atoms with Crippen LogP contribution in [0.4, 0.5) is 16.2 Å². The molecule has 0 radical (unpaired) electrons. The minimum absolute atomic E-state index is 0.0353. The number of anilines is 2. The van der Waals surface area contributed by atoms with Gasteiger partial charge in [0.25, 0.3) is 0 Å². The highest BCUT2D eigenvalue weighted by Crippen LogP contribution is 2.24. The molecule has 0 atom stereocenters. The van der Waals surface area contributed by atoms with Gasteiger partial charge in [-0.2, -0.15) is 0 Å². The van der Waals surface area contributed by atoms with Gasteiger partial charge in [0.1, 0.15) is 0 Å². The standard InChI is InChI=1S/C19H30N4O2/c1-15-13-17(22-11-9-21(2)10-12-22)3-4-18(15)20-19(25)23-7-5-16(14-24)6-8-23/h3-4,13,16,24H,5-12,14H2,1-2H3,(H,20,25). The maximum absolute atomic E-state index is 12.5. The van der Waals surface area contributed by atoms with Gasteiger partial charge in [-0.1, -0.05) is 0 Å². The van der Waals surface area contributed by atoms with Crippen molar-refractivity contribution in [1.82, 2.24) is 9.80 Å². The van der Waals surface area contributed by atoms with Crippen LogP contribution in [-0.2, 0) is 0 Å². The van der Waals surface area contributed by atoms with Crippen molar-refractivity contribution in [3.8, 4) is 0 Å². The van der Waals surface area contributed by atoms with E-state index in [1.807, 2.05) is 17.9 Å². The number of aryl methyl sites for hydroxylation is 1. The number of nitrogens with zero attached hydrogens (tertiary/aromatic N) is 3. The number of piperidine rings is 1. The summed E-state index contributed by atoms with van der Waals surface area (Å²) in [6.45, 7) is 7.96. The molecule has 3 rings (SSSR count). The summed E-state index contributed by atoms with van der Waals surface area (Å²) in [5.74, 6) is 0.341. The summed E-state index contributed by atoms with van der Waals surface area (Å²) in [5, 5.41) is 12.3. The fourth-order valence-electron chi connectivity index (χ4n) is 3.56. The Bertz CT molecular complexity index is 591. The number of likely N-dealkylation sites (N-methyl/N-ethyl adjacent to an activating group) is 1. The highest BCUT2D eigenvalue weighted by atomic mass is 16.3. The van der Waals surface area contributed by atoms with Gasteiger partial charge in [-0.15, -0.1) is 0 Å². The second-order valence-corrected chi connectivity index (χ2v) is 7.33. The van der Waals surface area contributed by atoms with E-state index in [2.05, 4.69) is 34.3 Å². The van der Waals surface area contributed by atoms with E-state index in [0.717, 1.165) is 63.4 Å². The van der Waals surface area contributed by atoms with E-state index in [1.165, 1.54) is 5.69 Å². The normalized spacial score (nSPS) is 20.0. The van der Waals surface area contributed by atoms with Gasteiger partial charge in [0, 0.05) is 57.3 Å². The monoisotopic (exact) mass is 346 g/mol. The van der Waals surface area contributed by atoms with E-state index in [0.29, 0.717) is 5.92 Å². The SMILES string of the molecule is Cc1cc(N2CCN(C)CC2)ccc1NC(=O)N1CCC(CO)CC1. The topological polar surface area (TPSA) is 59.0 Å². The van der Waals surface area contributed by atoms with Crippen LogP contribution < -0.4 is 10.2 Å². The molecule has 2 amide bonds. The number of nitrogens with one attached hydrogen (secondary N) is 1. The van der Waals surface area contributed by atoms with Crippen molar-refractivity contribution >= 4 is 17.4 Å². The number of carbonyl (C=O) groups excluding carboxylic acids is 1. The van der Waals surface area contributed by atoms with Gasteiger partial charge in [0.05, 0.1) is 0 Å². The number of benzene rings is 1. The Morgan fingerprint density at radius 3 is 2.44 bits per heavy atom. The Morgan fingerprint density at radius 2 is 1.84 bits per heavy atom. The molecule has 2 fully saturated rings. The maximum atomic E-state index is 12.5. The number of aliphatic hydroxyl groups is 1. The van der Waals surface area contributed by atoms with Crippen LogP contribution in [-0.4, -0.2) is 73.9 Å². The summed E-state index contributed by atoms with van der Waals surface area (Å²) in [7, 11) is 2.16. The average Bonchev–Trinajstić information content (AvgIpc) is 2.64. The number of rotatable bonds is 3. The van der Waals surface area contributed by atoms with E-state index in [-0.39, 0.29) is 12.6 Å². The molecular weight excluding hydrogens is 316 g/mol. The summed E-state index contributed by atoms with van der Waals surface area (Å²) < 4.78 is 0. The fourth-order valence-corrected chi connectivity index (χ4v) is 3.56. The third-order valence-corrected chi connectivity index (χ3v) is 5.48. The van der Waals surface area contributed by atoms with Crippen LogP contribution in [0.1, 0.15) is 18.4 Å². The van der Waals surface area contributed by atoms with Gasteiger partial charge in [-0.25, -0.2) is 4.79 Å². The minimum atomic E-state index is -0.0353. The van der Waals surface area contributed by atoms with E-state index in [4.69, 9.17) is 0 Å². The maximum Gasteiger partial charge on any atom is 0.321 e. The second kappa shape index (κ2) is 8.06. The molecule has 1 aromatic carbocycles. The van der Waals surface area contributed by atoms with E-state index in [1.54, 1.807) is 0 Å². The molecule has 2 saturated heterocycles. The van der Waals surface area contributed by atoms with Crippen molar-refractivity contribution in [2.24, 2.45) is 5.92 Å². The molecule has 0 aliphatic carbocycles. The first-order valence-electron chi connectivity index (χ1n) is 9.27. The first-order valence-corrected chi connectivity index (χ1v) is 9.27. The first kappa shape index (κ1) is 18.0. The fraction of sp³-hybridized carbons (Fsp3) is 0.632. The number of carbonyl (C=O) groups is 1. The van der Waals surface area contributed by atoms with Crippen molar-refractivity contribution in [3.63, 3.8) is 0 Å². The van der Waals surface area contributed by atoms with Crippen LogP contribution in [0.25, 0.3) is 0 Å². The third kappa shape index (κ3) is 4.44. The molecule has 2 aliphatic rings.